The van der Waals surface area contributed by atoms with E-state index < -0.39 is 0 Å². The topological polar surface area (TPSA) is 52.6 Å². The molecule has 5 heteroatoms. The first-order chi connectivity index (χ1) is 10.7. The number of hydrogen-bond acceptors (Lipinski definition) is 3. The normalized spacial score (nSPS) is 10.4. The van der Waals surface area contributed by atoms with E-state index in [9.17, 15) is 0 Å². The molecule has 118 valence electrons. The number of guanidine groups is 1. The van der Waals surface area contributed by atoms with Gasteiger partial charge in [-0.1, -0.05) is 18.2 Å². The van der Waals surface area contributed by atoms with Crippen LogP contribution in [0.4, 0.5) is 5.82 Å². The predicted octanol–water partition coefficient (Wildman–Crippen LogP) is 2.38. The Balaban J connectivity index is 2.38. The molecule has 1 aromatic heterocycles. The first-order valence-electron chi connectivity index (χ1n) is 7.73. The van der Waals surface area contributed by atoms with E-state index in [-0.39, 0.29) is 0 Å². The highest BCUT2D eigenvalue weighted by Gasteiger charge is 2.07. The Morgan fingerprint density at radius 3 is 2.45 bits per heavy atom. The lowest BCUT2D eigenvalue weighted by atomic mass is 10.1. The van der Waals surface area contributed by atoms with E-state index in [1.54, 1.807) is 0 Å². The molecule has 1 heterocycles. The van der Waals surface area contributed by atoms with Gasteiger partial charge in [0.1, 0.15) is 5.82 Å². The lowest BCUT2D eigenvalue weighted by Crippen LogP contribution is -2.36. The highest BCUT2D eigenvalue weighted by Crippen LogP contribution is 2.22. The molecule has 0 amide bonds. The van der Waals surface area contributed by atoms with Gasteiger partial charge in [-0.25, -0.2) is 9.98 Å². The number of nitrogens with zero attached hydrogens (tertiary/aromatic N) is 3. The monoisotopic (exact) mass is 299 g/mol. The molecule has 2 rings (SSSR count). The molecule has 0 aliphatic rings. The molecule has 2 N–H and O–H groups in total. The number of hydrogen-bond donors (Lipinski definition) is 2. The minimum atomic E-state index is 0.624. The zero-order valence-corrected chi connectivity index (χ0v) is 13.8. The molecule has 0 unspecified atom stereocenters. The number of rotatable bonds is 5. The van der Waals surface area contributed by atoms with Crippen molar-refractivity contribution in [1.82, 2.24) is 15.6 Å². The molecular formula is C17H25N5. The Morgan fingerprint density at radius 2 is 1.82 bits per heavy atom. The summed E-state index contributed by atoms with van der Waals surface area (Å²) in [4.78, 5) is 11.4. The van der Waals surface area contributed by atoms with Gasteiger partial charge in [-0.2, -0.15) is 0 Å². The highest BCUT2D eigenvalue weighted by molar-refractivity contribution is 5.85. The van der Waals surface area contributed by atoms with Gasteiger partial charge >= 0.3 is 0 Å². The van der Waals surface area contributed by atoms with Crippen molar-refractivity contribution in [2.75, 3.05) is 32.1 Å². The molecule has 0 spiro atoms. The fourth-order valence-corrected chi connectivity index (χ4v) is 2.27. The zero-order valence-electron chi connectivity index (χ0n) is 13.8. The molecule has 0 atom stereocenters. The van der Waals surface area contributed by atoms with E-state index in [2.05, 4.69) is 46.6 Å². The average molecular weight is 299 g/mol. The van der Waals surface area contributed by atoms with Gasteiger partial charge < -0.3 is 15.5 Å². The second kappa shape index (κ2) is 7.64. The molecule has 0 aliphatic heterocycles. The molecule has 22 heavy (non-hydrogen) atoms. The van der Waals surface area contributed by atoms with Crippen LogP contribution in [0.25, 0.3) is 10.9 Å². The summed E-state index contributed by atoms with van der Waals surface area (Å²) in [6.07, 6.45) is 0. The summed E-state index contributed by atoms with van der Waals surface area (Å²) in [5.41, 5.74) is 2.19. The smallest absolute Gasteiger partial charge is 0.191 e. The van der Waals surface area contributed by atoms with Crippen molar-refractivity contribution in [3.63, 3.8) is 0 Å². The van der Waals surface area contributed by atoms with E-state index in [0.29, 0.717) is 6.54 Å². The van der Waals surface area contributed by atoms with Crippen LogP contribution >= 0.6 is 0 Å². The van der Waals surface area contributed by atoms with Crippen LogP contribution in [-0.4, -0.2) is 38.1 Å². The second-order valence-corrected chi connectivity index (χ2v) is 5.28. The summed E-state index contributed by atoms with van der Waals surface area (Å²) in [5.74, 6) is 1.80. The van der Waals surface area contributed by atoms with Crippen LogP contribution in [0.5, 0.6) is 0 Å². The maximum Gasteiger partial charge on any atom is 0.191 e. The molecule has 5 nitrogen and oxygen atoms in total. The number of aromatic nitrogens is 1. The third kappa shape index (κ3) is 3.87. The predicted molar refractivity (Wildman–Crippen MR) is 94.6 cm³/mol. The zero-order chi connectivity index (χ0) is 15.9. The fourth-order valence-electron chi connectivity index (χ4n) is 2.27. The summed E-state index contributed by atoms with van der Waals surface area (Å²) < 4.78 is 0. The summed E-state index contributed by atoms with van der Waals surface area (Å²) in [5, 5.41) is 7.66. The second-order valence-electron chi connectivity index (χ2n) is 5.28. The van der Waals surface area contributed by atoms with Crippen molar-refractivity contribution >= 4 is 22.7 Å². The number of aliphatic imine (C=N–C) groups is 1. The van der Waals surface area contributed by atoms with Gasteiger partial charge in [0, 0.05) is 32.6 Å². The van der Waals surface area contributed by atoms with Crippen molar-refractivity contribution in [1.29, 1.82) is 0 Å². The minimum Gasteiger partial charge on any atom is -0.363 e. The quantitative estimate of drug-likeness (QED) is 0.657. The SMILES string of the molecule is CCNC(=NCc1cc(N(C)C)nc2ccccc12)NCC. The maximum absolute atomic E-state index is 4.68. The van der Waals surface area contributed by atoms with Gasteiger partial charge in [0.2, 0.25) is 0 Å². The van der Waals surface area contributed by atoms with Crippen LogP contribution < -0.4 is 15.5 Å². The summed E-state index contributed by atoms with van der Waals surface area (Å²) in [6, 6.07) is 10.3. The molecule has 1 aromatic carbocycles. The summed E-state index contributed by atoms with van der Waals surface area (Å²) in [6.45, 7) is 6.47. The molecule has 0 radical (unpaired) electrons. The number of anilines is 1. The van der Waals surface area contributed by atoms with Crippen LogP contribution in [0.2, 0.25) is 0 Å². The number of para-hydroxylation sites is 1. The first kappa shape index (κ1) is 16.1. The van der Waals surface area contributed by atoms with Gasteiger partial charge in [-0.05, 0) is 31.5 Å². The van der Waals surface area contributed by atoms with E-state index in [4.69, 9.17) is 0 Å². The minimum absolute atomic E-state index is 0.624. The first-order valence-corrected chi connectivity index (χ1v) is 7.73. The largest absolute Gasteiger partial charge is 0.363 e. The number of pyridine rings is 1. The van der Waals surface area contributed by atoms with Crippen molar-refractivity contribution in [3.05, 3.63) is 35.9 Å². The molecular weight excluding hydrogens is 274 g/mol. The molecule has 0 bridgehead atoms. The molecule has 0 saturated heterocycles. The van der Waals surface area contributed by atoms with Crippen molar-refractivity contribution in [2.45, 2.75) is 20.4 Å². The van der Waals surface area contributed by atoms with Crippen molar-refractivity contribution in [2.24, 2.45) is 4.99 Å². The lowest BCUT2D eigenvalue weighted by molar-refractivity contribution is 0.840. The van der Waals surface area contributed by atoms with Crippen molar-refractivity contribution < 1.29 is 0 Å². The van der Waals surface area contributed by atoms with Crippen LogP contribution in [0.15, 0.2) is 35.3 Å². The third-order valence-corrected chi connectivity index (χ3v) is 3.34. The Bertz CT molecular complexity index is 641. The standard InChI is InChI=1S/C17H25N5/c1-5-18-17(19-6-2)20-12-13-11-16(22(3)4)21-15-10-8-7-9-14(13)15/h7-11H,5-6,12H2,1-4H3,(H2,18,19,20). The van der Waals surface area contributed by atoms with Crippen molar-refractivity contribution in [3.8, 4) is 0 Å². The van der Waals surface area contributed by atoms with Gasteiger partial charge in [0.25, 0.3) is 0 Å². The Kier molecular flexibility index (Phi) is 5.58. The fraction of sp³-hybridized carbons (Fsp3) is 0.412. The van der Waals surface area contributed by atoms with Gasteiger partial charge in [0.05, 0.1) is 12.1 Å². The Labute approximate surface area is 132 Å². The highest BCUT2D eigenvalue weighted by atomic mass is 15.2. The number of fused-ring (bicyclic) bond motifs is 1. The van der Waals surface area contributed by atoms with Crippen LogP contribution in [-0.2, 0) is 6.54 Å². The van der Waals surface area contributed by atoms with Crippen LogP contribution in [0, 0.1) is 0 Å². The van der Waals surface area contributed by atoms with Gasteiger partial charge in [-0.15, -0.1) is 0 Å². The number of nitrogens with one attached hydrogen (secondary N) is 2. The number of benzene rings is 1. The summed E-state index contributed by atoms with van der Waals surface area (Å²) >= 11 is 0. The lowest BCUT2D eigenvalue weighted by Gasteiger charge is -2.15. The van der Waals surface area contributed by atoms with Gasteiger partial charge in [-0.3, -0.25) is 0 Å². The third-order valence-electron chi connectivity index (χ3n) is 3.34. The Morgan fingerprint density at radius 1 is 1.14 bits per heavy atom. The van der Waals surface area contributed by atoms with Crippen LogP contribution in [0.3, 0.4) is 0 Å². The molecule has 0 aliphatic carbocycles. The van der Waals surface area contributed by atoms with Gasteiger partial charge in [0.15, 0.2) is 5.96 Å². The molecule has 2 aromatic rings. The summed E-state index contributed by atoms with van der Waals surface area (Å²) in [7, 11) is 4.01. The van der Waals surface area contributed by atoms with E-state index in [1.807, 2.05) is 37.2 Å². The average Bonchev–Trinajstić information content (AvgIpc) is 2.52. The molecule has 0 saturated carbocycles. The van der Waals surface area contributed by atoms with E-state index in [1.165, 1.54) is 5.56 Å². The van der Waals surface area contributed by atoms with E-state index >= 15 is 0 Å². The van der Waals surface area contributed by atoms with E-state index in [0.717, 1.165) is 35.8 Å². The van der Waals surface area contributed by atoms with Crippen LogP contribution in [0.1, 0.15) is 19.4 Å². The maximum atomic E-state index is 4.68. The Hall–Kier alpha value is -2.30. The molecule has 0 fully saturated rings.